The molecule has 8 nitrogen and oxygen atoms in total. The fourth-order valence-corrected chi connectivity index (χ4v) is 4.78. The Balaban J connectivity index is 1.60. The standard InChI is InChI=1S/C29H30Cl2N2O6/c1-3-38-27-15-21(14-25(31)28(27)39-18-20-4-6-22(30)7-5-20)17-33(19(2)34)23-8-9-26(24(16-23)29(35)36)32-10-12-37-13-11-32/h4-9,14-16H,3,10-13,17-18H2,1-2H3,(H,35,36). The minimum atomic E-state index is -1.06. The summed E-state index contributed by atoms with van der Waals surface area (Å²) >= 11 is 12.6. The van der Waals surface area contributed by atoms with Crippen LogP contribution in [0.25, 0.3) is 0 Å². The summed E-state index contributed by atoms with van der Waals surface area (Å²) in [7, 11) is 0. The van der Waals surface area contributed by atoms with Gasteiger partial charge in [0, 0.05) is 30.7 Å². The van der Waals surface area contributed by atoms with E-state index in [0.29, 0.717) is 71.4 Å². The number of rotatable bonds is 10. The number of halogens is 2. The third kappa shape index (κ3) is 7.15. The Kier molecular flexibility index (Phi) is 9.56. The Morgan fingerprint density at radius 3 is 2.36 bits per heavy atom. The Hall–Kier alpha value is -3.46. The van der Waals surface area contributed by atoms with Gasteiger partial charge in [-0.25, -0.2) is 4.79 Å². The average Bonchev–Trinajstić information content (AvgIpc) is 2.92. The Morgan fingerprint density at radius 1 is 1.00 bits per heavy atom. The first-order valence-corrected chi connectivity index (χ1v) is 13.3. The van der Waals surface area contributed by atoms with Gasteiger partial charge in [-0.05, 0) is 60.5 Å². The summed E-state index contributed by atoms with van der Waals surface area (Å²) in [6.07, 6.45) is 0. The number of morpholine rings is 1. The lowest BCUT2D eigenvalue weighted by molar-refractivity contribution is -0.116. The lowest BCUT2D eigenvalue weighted by Crippen LogP contribution is -2.37. The van der Waals surface area contributed by atoms with Crippen molar-refractivity contribution >= 4 is 46.5 Å². The van der Waals surface area contributed by atoms with Crippen LogP contribution >= 0.6 is 23.2 Å². The largest absolute Gasteiger partial charge is 0.490 e. The molecule has 206 valence electrons. The monoisotopic (exact) mass is 572 g/mol. The number of carboxylic acids is 1. The predicted octanol–water partition coefficient (Wildman–Crippen LogP) is 6.06. The van der Waals surface area contributed by atoms with Crippen LogP contribution in [-0.4, -0.2) is 49.9 Å². The predicted molar refractivity (Wildman–Crippen MR) is 152 cm³/mol. The van der Waals surface area contributed by atoms with Crippen LogP contribution in [0.15, 0.2) is 54.6 Å². The van der Waals surface area contributed by atoms with Crippen LogP contribution in [0.2, 0.25) is 10.0 Å². The first-order valence-electron chi connectivity index (χ1n) is 12.6. The minimum Gasteiger partial charge on any atom is -0.490 e. The maximum atomic E-state index is 12.7. The highest BCUT2D eigenvalue weighted by Crippen LogP contribution is 2.38. The van der Waals surface area contributed by atoms with Gasteiger partial charge in [-0.15, -0.1) is 0 Å². The van der Waals surface area contributed by atoms with Gasteiger partial charge in [-0.2, -0.15) is 0 Å². The van der Waals surface area contributed by atoms with E-state index >= 15 is 0 Å². The number of anilines is 2. The molecule has 0 unspecified atom stereocenters. The third-order valence-corrected chi connectivity index (χ3v) is 6.79. The molecular formula is C29H30Cl2N2O6. The highest BCUT2D eigenvalue weighted by molar-refractivity contribution is 6.32. The van der Waals surface area contributed by atoms with Crippen molar-refractivity contribution in [1.82, 2.24) is 0 Å². The van der Waals surface area contributed by atoms with Crippen molar-refractivity contribution in [3.8, 4) is 11.5 Å². The van der Waals surface area contributed by atoms with E-state index in [1.807, 2.05) is 24.0 Å². The molecule has 0 aliphatic carbocycles. The van der Waals surface area contributed by atoms with E-state index in [1.54, 1.807) is 36.4 Å². The molecule has 1 amide bonds. The summed E-state index contributed by atoms with van der Waals surface area (Å²) < 4.78 is 17.2. The summed E-state index contributed by atoms with van der Waals surface area (Å²) in [4.78, 5) is 28.3. The lowest BCUT2D eigenvalue weighted by atomic mass is 10.1. The molecule has 0 aromatic heterocycles. The maximum absolute atomic E-state index is 12.7. The van der Waals surface area contributed by atoms with E-state index in [0.717, 1.165) is 5.56 Å². The molecule has 3 aromatic carbocycles. The molecule has 1 heterocycles. The highest BCUT2D eigenvalue weighted by Gasteiger charge is 2.22. The molecule has 1 N–H and O–H groups in total. The number of carboxylic acid groups (broad SMARTS) is 1. The van der Waals surface area contributed by atoms with Crippen molar-refractivity contribution in [2.75, 3.05) is 42.7 Å². The van der Waals surface area contributed by atoms with E-state index in [4.69, 9.17) is 37.4 Å². The quantitative estimate of drug-likeness (QED) is 0.316. The minimum absolute atomic E-state index is 0.125. The highest BCUT2D eigenvalue weighted by atomic mass is 35.5. The second-order valence-electron chi connectivity index (χ2n) is 8.96. The number of amides is 1. The van der Waals surface area contributed by atoms with Crippen LogP contribution in [0.4, 0.5) is 11.4 Å². The number of ether oxygens (including phenoxy) is 3. The zero-order valence-corrected chi connectivity index (χ0v) is 23.3. The van der Waals surface area contributed by atoms with Crippen molar-refractivity contribution in [2.24, 2.45) is 0 Å². The number of hydrogen-bond donors (Lipinski definition) is 1. The first kappa shape index (κ1) is 28.5. The van der Waals surface area contributed by atoms with Crippen LogP contribution in [0, 0.1) is 0 Å². The zero-order valence-electron chi connectivity index (χ0n) is 21.8. The van der Waals surface area contributed by atoms with Crippen molar-refractivity contribution in [2.45, 2.75) is 27.0 Å². The Morgan fingerprint density at radius 2 is 1.72 bits per heavy atom. The summed E-state index contributed by atoms with van der Waals surface area (Å²) in [6, 6.07) is 15.8. The van der Waals surface area contributed by atoms with Gasteiger partial charge >= 0.3 is 5.97 Å². The van der Waals surface area contributed by atoms with Gasteiger partial charge in [0.25, 0.3) is 0 Å². The fourth-order valence-electron chi connectivity index (χ4n) is 4.36. The maximum Gasteiger partial charge on any atom is 0.337 e. The molecule has 1 aliphatic heterocycles. The topological polar surface area (TPSA) is 88.5 Å². The number of nitrogens with zero attached hydrogens (tertiary/aromatic N) is 2. The van der Waals surface area contributed by atoms with Gasteiger partial charge in [0.05, 0.1) is 42.6 Å². The second kappa shape index (κ2) is 13.1. The average molecular weight is 573 g/mol. The Labute approximate surface area is 237 Å². The Bertz CT molecular complexity index is 1330. The van der Waals surface area contributed by atoms with Crippen molar-refractivity contribution in [3.63, 3.8) is 0 Å². The van der Waals surface area contributed by atoms with Crippen LogP contribution in [0.3, 0.4) is 0 Å². The summed E-state index contributed by atoms with van der Waals surface area (Å²) in [5, 5.41) is 10.9. The number of hydrogen-bond acceptors (Lipinski definition) is 6. The fraction of sp³-hybridized carbons (Fsp3) is 0.310. The molecule has 0 radical (unpaired) electrons. The normalized spacial score (nSPS) is 13.2. The van der Waals surface area contributed by atoms with Crippen LogP contribution in [0.5, 0.6) is 11.5 Å². The number of carbonyl (C=O) groups excluding carboxylic acids is 1. The van der Waals surface area contributed by atoms with E-state index in [2.05, 4.69) is 0 Å². The van der Waals surface area contributed by atoms with Gasteiger partial charge in [0.2, 0.25) is 5.91 Å². The van der Waals surface area contributed by atoms with Gasteiger partial charge in [-0.3, -0.25) is 4.79 Å². The third-order valence-electron chi connectivity index (χ3n) is 6.26. The lowest BCUT2D eigenvalue weighted by Gasteiger charge is -2.31. The molecule has 1 saturated heterocycles. The molecular weight excluding hydrogens is 543 g/mol. The van der Waals surface area contributed by atoms with E-state index in [-0.39, 0.29) is 24.6 Å². The second-order valence-corrected chi connectivity index (χ2v) is 9.81. The van der Waals surface area contributed by atoms with E-state index < -0.39 is 5.97 Å². The van der Waals surface area contributed by atoms with Gasteiger partial charge < -0.3 is 29.1 Å². The molecule has 0 spiro atoms. The summed E-state index contributed by atoms with van der Waals surface area (Å²) in [5.41, 5.74) is 2.81. The van der Waals surface area contributed by atoms with Crippen LogP contribution < -0.4 is 19.3 Å². The van der Waals surface area contributed by atoms with Crippen molar-refractivity contribution in [1.29, 1.82) is 0 Å². The SMILES string of the molecule is CCOc1cc(CN(C(C)=O)c2ccc(N3CCOCC3)c(C(=O)O)c2)cc(Cl)c1OCc1ccc(Cl)cc1. The number of aromatic carboxylic acids is 1. The number of benzene rings is 3. The molecule has 4 rings (SSSR count). The summed E-state index contributed by atoms with van der Waals surface area (Å²) in [6.45, 7) is 6.36. The molecule has 0 bridgehead atoms. The van der Waals surface area contributed by atoms with Crippen LogP contribution in [-0.2, 0) is 22.7 Å². The smallest absolute Gasteiger partial charge is 0.337 e. The van der Waals surface area contributed by atoms with Crippen LogP contribution in [0.1, 0.15) is 35.3 Å². The molecule has 10 heteroatoms. The van der Waals surface area contributed by atoms with Gasteiger partial charge in [0.1, 0.15) is 6.61 Å². The molecule has 39 heavy (non-hydrogen) atoms. The van der Waals surface area contributed by atoms with Crippen molar-refractivity contribution < 1.29 is 28.9 Å². The van der Waals surface area contributed by atoms with E-state index in [1.165, 1.54) is 17.9 Å². The molecule has 1 fully saturated rings. The molecule has 0 atom stereocenters. The first-order chi connectivity index (χ1) is 18.8. The van der Waals surface area contributed by atoms with Gasteiger partial charge in [0.15, 0.2) is 11.5 Å². The zero-order chi connectivity index (χ0) is 27.9. The van der Waals surface area contributed by atoms with Crippen molar-refractivity contribution in [3.05, 3.63) is 81.3 Å². The molecule has 3 aromatic rings. The van der Waals surface area contributed by atoms with E-state index in [9.17, 15) is 14.7 Å². The van der Waals surface area contributed by atoms with Gasteiger partial charge in [-0.1, -0.05) is 35.3 Å². The number of carbonyl (C=O) groups is 2. The molecule has 1 aliphatic rings. The molecule has 0 saturated carbocycles. The summed E-state index contributed by atoms with van der Waals surface area (Å²) in [5.74, 6) is -0.464.